The number of imidazole rings is 1. The smallest absolute Gasteiger partial charge is 0.167 e. The van der Waals surface area contributed by atoms with E-state index in [9.17, 15) is 4.39 Å². The zero-order valence-electron chi connectivity index (χ0n) is 11.1. The summed E-state index contributed by atoms with van der Waals surface area (Å²) in [6, 6.07) is 4.77. The predicted octanol–water partition coefficient (Wildman–Crippen LogP) is 2.59. The second-order valence-electron chi connectivity index (χ2n) is 4.23. The van der Waals surface area contributed by atoms with E-state index in [4.69, 9.17) is 5.11 Å². The van der Waals surface area contributed by atoms with Gasteiger partial charge in [0.15, 0.2) is 5.16 Å². The summed E-state index contributed by atoms with van der Waals surface area (Å²) < 4.78 is 15.5. The normalized spacial score (nSPS) is 10.2. The van der Waals surface area contributed by atoms with E-state index in [0.717, 1.165) is 10.7 Å². The zero-order chi connectivity index (χ0) is 14.4. The minimum atomic E-state index is -0.295. The maximum absolute atomic E-state index is 13.5. The lowest BCUT2D eigenvalue weighted by Crippen LogP contribution is -1.91. The fraction of sp³-hybridized carbons (Fsp3) is 0.267. The molecule has 1 aromatic heterocycles. The van der Waals surface area contributed by atoms with Gasteiger partial charge in [-0.3, -0.25) is 0 Å². The molecule has 0 fully saturated rings. The first-order chi connectivity index (χ1) is 9.69. The van der Waals surface area contributed by atoms with Crippen LogP contribution in [0.2, 0.25) is 0 Å². The number of aryl methyl sites for hydroxylation is 1. The average Bonchev–Trinajstić information content (AvgIpc) is 2.82. The summed E-state index contributed by atoms with van der Waals surface area (Å²) in [6.07, 6.45) is 4.01. The van der Waals surface area contributed by atoms with E-state index in [2.05, 4.69) is 16.8 Å². The molecule has 20 heavy (non-hydrogen) atoms. The summed E-state index contributed by atoms with van der Waals surface area (Å²) >= 11 is 1.55. The van der Waals surface area contributed by atoms with Crippen molar-refractivity contribution in [3.8, 4) is 11.8 Å². The van der Waals surface area contributed by atoms with Crippen molar-refractivity contribution in [2.24, 2.45) is 7.05 Å². The molecule has 0 radical (unpaired) electrons. The topological polar surface area (TPSA) is 38.0 Å². The highest BCUT2D eigenvalue weighted by Gasteiger charge is 2.03. The fourth-order valence-electron chi connectivity index (χ4n) is 1.67. The lowest BCUT2D eigenvalue weighted by molar-refractivity contribution is 0.305. The van der Waals surface area contributed by atoms with Gasteiger partial charge >= 0.3 is 0 Å². The Kier molecular flexibility index (Phi) is 5.22. The van der Waals surface area contributed by atoms with Crippen molar-refractivity contribution in [1.82, 2.24) is 9.55 Å². The summed E-state index contributed by atoms with van der Waals surface area (Å²) in [4.78, 5) is 4.21. The molecule has 2 rings (SSSR count). The zero-order valence-corrected chi connectivity index (χ0v) is 12.0. The standard InChI is InChI=1S/C15H15FN2OS/c1-18-6-5-17-15(18)20-11-13-8-12(4-2-3-7-19)9-14(16)10-13/h5-6,8-10,19H,3,7,11H2,1H3. The Balaban J connectivity index is 2.08. The van der Waals surface area contributed by atoms with Crippen LogP contribution in [0.15, 0.2) is 35.7 Å². The van der Waals surface area contributed by atoms with Crippen molar-refractivity contribution in [2.75, 3.05) is 6.61 Å². The average molecular weight is 290 g/mol. The van der Waals surface area contributed by atoms with E-state index in [1.807, 2.05) is 23.9 Å². The third kappa shape index (κ3) is 4.12. The third-order valence-electron chi connectivity index (χ3n) is 2.57. The monoisotopic (exact) mass is 290 g/mol. The Hall–Kier alpha value is -1.77. The number of rotatable bonds is 4. The predicted molar refractivity (Wildman–Crippen MR) is 77.7 cm³/mol. The van der Waals surface area contributed by atoms with Gasteiger partial charge in [0.05, 0.1) is 6.61 Å². The minimum absolute atomic E-state index is 0.0180. The second-order valence-corrected chi connectivity index (χ2v) is 5.18. The molecule has 0 aliphatic heterocycles. The Morgan fingerprint density at radius 1 is 1.40 bits per heavy atom. The summed E-state index contributed by atoms with van der Waals surface area (Å²) in [5.41, 5.74) is 1.50. The molecule has 3 nitrogen and oxygen atoms in total. The number of thioether (sulfide) groups is 1. The molecule has 0 bridgehead atoms. The Morgan fingerprint density at radius 3 is 2.95 bits per heavy atom. The van der Waals surface area contributed by atoms with Crippen LogP contribution in [0.1, 0.15) is 17.5 Å². The van der Waals surface area contributed by atoms with Crippen LogP contribution >= 0.6 is 11.8 Å². The van der Waals surface area contributed by atoms with Crippen LogP contribution < -0.4 is 0 Å². The van der Waals surface area contributed by atoms with E-state index >= 15 is 0 Å². The maximum atomic E-state index is 13.5. The minimum Gasteiger partial charge on any atom is -0.395 e. The van der Waals surface area contributed by atoms with Gasteiger partial charge in [-0.25, -0.2) is 9.37 Å². The molecule has 1 N–H and O–H groups in total. The van der Waals surface area contributed by atoms with Gasteiger partial charge in [-0.05, 0) is 23.8 Å². The lowest BCUT2D eigenvalue weighted by atomic mass is 10.1. The first-order valence-corrected chi connectivity index (χ1v) is 7.17. The van der Waals surface area contributed by atoms with Gasteiger partial charge in [0.2, 0.25) is 0 Å². The molecule has 0 spiro atoms. The Bertz CT molecular complexity index is 643. The van der Waals surface area contributed by atoms with Crippen molar-refractivity contribution in [1.29, 1.82) is 0 Å². The molecule has 0 saturated heterocycles. The SMILES string of the molecule is Cn1ccnc1SCc1cc(F)cc(C#CCCO)c1. The molecule has 0 unspecified atom stereocenters. The highest BCUT2D eigenvalue weighted by Crippen LogP contribution is 2.21. The molecule has 5 heteroatoms. The van der Waals surface area contributed by atoms with E-state index in [1.165, 1.54) is 12.1 Å². The van der Waals surface area contributed by atoms with Gasteiger partial charge in [0, 0.05) is 37.2 Å². The Morgan fingerprint density at radius 2 is 2.25 bits per heavy atom. The highest BCUT2D eigenvalue weighted by atomic mass is 32.2. The fourth-order valence-corrected chi connectivity index (χ4v) is 2.53. The van der Waals surface area contributed by atoms with Crippen LogP contribution in [-0.4, -0.2) is 21.3 Å². The number of halogens is 1. The van der Waals surface area contributed by atoms with Crippen LogP contribution in [0.25, 0.3) is 0 Å². The van der Waals surface area contributed by atoms with Crippen LogP contribution in [0.5, 0.6) is 0 Å². The molecule has 0 atom stereocenters. The number of aliphatic hydroxyl groups excluding tert-OH is 1. The third-order valence-corrected chi connectivity index (χ3v) is 3.70. The molecule has 0 saturated carbocycles. The quantitative estimate of drug-likeness (QED) is 0.695. The van der Waals surface area contributed by atoms with Gasteiger partial charge in [-0.15, -0.1) is 0 Å². The van der Waals surface area contributed by atoms with Gasteiger partial charge in [0.1, 0.15) is 5.82 Å². The number of aliphatic hydroxyl groups is 1. The Labute approximate surface area is 121 Å². The van der Waals surface area contributed by atoms with Crippen molar-refractivity contribution in [3.63, 3.8) is 0 Å². The number of nitrogens with zero attached hydrogens (tertiary/aromatic N) is 2. The van der Waals surface area contributed by atoms with Gasteiger partial charge in [-0.2, -0.15) is 0 Å². The van der Waals surface area contributed by atoms with Gasteiger partial charge in [0.25, 0.3) is 0 Å². The lowest BCUT2D eigenvalue weighted by Gasteiger charge is -2.03. The molecule has 2 aromatic rings. The number of hydrogen-bond acceptors (Lipinski definition) is 3. The molecule has 0 amide bonds. The van der Waals surface area contributed by atoms with Gasteiger partial charge in [-0.1, -0.05) is 23.6 Å². The van der Waals surface area contributed by atoms with Crippen LogP contribution in [-0.2, 0) is 12.8 Å². The molecule has 104 valence electrons. The van der Waals surface area contributed by atoms with Crippen molar-refractivity contribution in [2.45, 2.75) is 17.3 Å². The number of benzene rings is 1. The highest BCUT2D eigenvalue weighted by molar-refractivity contribution is 7.98. The van der Waals surface area contributed by atoms with E-state index < -0.39 is 0 Å². The molecule has 1 aromatic carbocycles. The first kappa shape index (κ1) is 14.6. The van der Waals surface area contributed by atoms with Crippen molar-refractivity contribution in [3.05, 3.63) is 47.5 Å². The van der Waals surface area contributed by atoms with Crippen LogP contribution in [0.4, 0.5) is 4.39 Å². The molecule has 0 aliphatic carbocycles. The summed E-state index contributed by atoms with van der Waals surface area (Å²) in [5.74, 6) is 5.99. The van der Waals surface area contributed by atoms with Crippen LogP contribution in [0, 0.1) is 17.7 Å². The maximum Gasteiger partial charge on any atom is 0.167 e. The summed E-state index contributed by atoms with van der Waals surface area (Å²) in [7, 11) is 1.92. The first-order valence-electron chi connectivity index (χ1n) is 6.18. The largest absolute Gasteiger partial charge is 0.395 e. The van der Waals surface area contributed by atoms with E-state index in [0.29, 0.717) is 17.7 Å². The van der Waals surface area contributed by atoms with Crippen molar-refractivity contribution >= 4 is 11.8 Å². The van der Waals surface area contributed by atoms with Gasteiger partial charge < -0.3 is 9.67 Å². The summed E-state index contributed by atoms with van der Waals surface area (Å²) in [6.45, 7) is 0.0180. The molecule has 0 aliphatic rings. The van der Waals surface area contributed by atoms with E-state index in [-0.39, 0.29) is 12.4 Å². The summed E-state index contributed by atoms with van der Waals surface area (Å²) in [5, 5.41) is 9.57. The number of hydrogen-bond donors (Lipinski definition) is 1. The molecular weight excluding hydrogens is 275 g/mol. The second kappa shape index (κ2) is 7.13. The van der Waals surface area contributed by atoms with Crippen molar-refractivity contribution < 1.29 is 9.50 Å². The van der Waals surface area contributed by atoms with Crippen LogP contribution in [0.3, 0.4) is 0 Å². The number of aromatic nitrogens is 2. The van der Waals surface area contributed by atoms with E-state index in [1.54, 1.807) is 18.0 Å². The molecular formula is C15H15FN2OS. The molecule has 1 heterocycles.